The second-order valence-electron chi connectivity index (χ2n) is 6.91. The fraction of sp³-hybridized carbons (Fsp3) is 0.474. The zero-order valence-corrected chi connectivity index (χ0v) is 14.3. The van der Waals surface area contributed by atoms with Gasteiger partial charge in [0.1, 0.15) is 5.60 Å². The number of amides is 1. The lowest BCUT2D eigenvalue weighted by Crippen LogP contribution is -2.32. The molecule has 1 aromatic carbocycles. The van der Waals surface area contributed by atoms with Crippen LogP contribution < -0.4 is 5.32 Å². The molecule has 2 N–H and O–H groups in total. The van der Waals surface area contributed by atoms with E-state index in [1.165, 1.54) is 0 Å². The molecule has 1 saturated carbocycles. The lowest BCUT2D eigenvalue weighted by atomic mass is 9.91. The van der Waals surface area contributed by atoms with Crippen LogP contribution in [0.1, 0.15) is 51.2 Å². The summed E-state index contributed by atoms with van der Waals surface area (Å²) in [5, 5.41) is 12.1. The first-order valence-corrected chi connectivity index (χ1v) is 8.03. The predicted octanol–water partition coefficient (Wildman–Crippen LogP) is 3.07. The number of aliphatic carboxylic acids is 1. The zero-order valence-electron chi connectivity index (χ0n) is 14.3. The topological polar surface area (TPSA) is 75.6 Å². The standard InChI is InChI=1S/C19H23NO4/c1-18(2,3)24-17(23)20-13-7-6-9-14-8-4-5-10-15(14)19(11-12-19)16(21)22/h4-5,8,10H,7,11-13H2,1-3H3,(H,20,23)(H,21,22). The molecule has 5 nitrogen and oxygen atoms in total. The Morgan fingerprint density at radius 1 is 1.29 bits per heavy atom. The fourth-order valence-corrected chi connectivity index (χ4v) is 2.43. The Hall–Kier alpha value is -2.48. The van der Waals surface area contributed by atoms with Gasteiger partial charge in [-0.15, -0.1) is 0 Å². The molecule has 1 fully saturated rings. The molecule has 0 saturated heterocycles. The van der Waals surface area contributed by atoms with E-state index in [4.69, 9.17) is 4.74 Å². The summed E-state index contributed by atoms with van der Waals surface area (Å²) in [5.74, 6) is 5.23. The molecule has 0 spiro atoms. The number of nitrogens with one attached hydrogen (secondary N) is 1. The Kier molecular flexibility index (Phi) is 5.18. The van der Waals surface area contributed by atoms with Crippen molar-refractivity contribution < 1.29 is 19.4 Å². The monoisotopic (exact) mass is 329 g/mol. The molecule has 1 amide bonds. The van der Waals surface area contributed by atoms with Gasteiger partial charge in [-0.1, -0.05) is 30.0 Å². The van der Waals surface area contributed by atoms with Crippen LogP contribution >= 0.6 is 0 Å². The first kappa shape index (κ1) is 17.9. The smallest absolute Gasteiger partial charge is 0.407 e. The van der Waals surface area contributed by atoms with Gasteiger partial charge in [0.25, 0.3) is 0 Å². The van der Waals surface area contributed by atoms with Gasteiger partial charge >= 0.3 is 12.1 Å². The Morgan fingerprint density at radius 3 is 2.54 bits per heavy atom. The molecule has 0 bridgehead atoms. The molecule has 0 aliphatic heterocycles. The van der Waals surface area contributed by atoms with E-state index in [2.05, 4.69) is 17.2 Å². The lowest BCUT2D eigenvalue weighted by molar-refractivity contribution is -0.140. The highest BCUT2D eigenvalue weighted by Gasteiger charge is 2.52. The average Bonchev–Trinajstić information content (AvgIpc) is 3.27. The Labute approximate surface area is 142 Å². The van der Waals surface area contributed by atoms with Gasteiger partial charge in [0.05, 0.1) is 5.41 Å². The molecule has 128 valence electrons. The second-order valence-corrected chi connectivity index (χ2v) is 6.91. The minimum Gasteiger partial charge on any atom is -0.481 e. The van der Waals surface area contributed by atoms with Crippen molar-refractivity contribution in [2.24, 2.45) is 0 Å². The van der Waals surface area contributed by atoms with E-state index in [9.17, 15) is 14.7 Å². The number of carboxylic acid groups (broad SMARTS) is 1. The highest BCUT2D eigenvalue weighted by molar-refractivity contribution is 5.86. The molecule has 0 radical (unpaired) electrons. The molecule has 24 heavy (non-hydrogen) atoms. The van der Waals surface area contributed by atoms with Crippen molar-refractivity contribution in [3.63, 3.8) is 0 Å². The van der Waals surface area contributed by atoms with Gasteiger partial charge in [-0.25, -0.2) is 4.79 Å². The number of benzene rings is 1. The van der Waals surface area contributed by atoms with Gasteiger partial charge in [0.2, 0.25) is 0 Å². The van der Waals surface area contributed by atoms with E-state index in [-0.39, 0.29) is 0 Å². The van der Waals surface area contributed by atoms with Crippen LogP contribution in [0.15, 0.2) is 24.3 Å². The van der Waals surface area contributed by atoms with E-state index in [0.717, 1.165) is 11.1 Å². The molecule has 0 unspecified atom stereocenters. The average molecular weight is 329 g/mol. The number of carbonyl (C=O) groups is 2. The van der Waals surface area contributed by atoms with Crippen LogP contribution in [0, 0.1) is 11.8 Å². The molecule has 2 rings (SSSR count). The van der Waals surface area contributed by atoms with E-state index in [1.807, 2.05) is 24.3 Å². The minimum absolute atomic E-state index is 0.383. The first-order valence-electron chi connectivity index (χ1n) is 8.03. The maximum atomic E-state index is 11.5. The summed E-state index contributed by atoms with van der Waals surface area (Å²) in [5.41, 5.74) is 0.240. The summed E-state index contributed by atoms with van der Waals surface area (Å²) in [7, 11) is 0. The lowest BCUT2D eigenvalue weighted by Gasteiger charge is -2.19. The maximum Gasteiger partial charge on any atom is 0.407 e. The van der Waals surface area contributed by atoms with E-state index in [1.54, 1.807) is 20.8 Å². The van der Waals surface area contributed by atoms with Crippen molar-refractivity contribution >= 4 is 12.1 Å². The van der Waals surface area contributed by atoms with Crippen molar-refractivity contribution in [2.45, 2.75) is 51.0 Å². The second kappa shape index (κ2) is 6.96. The van der Waals surface area contributed by atoms with Gasteiger partial charge in [-0.3, -0.25) is 4.79 Å². The highest BCUT2D eigenvalue weighted by Crippen LogP contribution is 2.49. The number of alkyl carbamates (subject to hydrolysis) is 1. The molecule has 5 heteroatoms. The largest absolute Gasteiger partial charge is 0.481 e. The summed E-state index contributed by atoms with van der Waals surface area (Å²) < 4.78 is 5.14. The SMILES string of the molecule is CC(C)(C)OC(=O)NCCC#Cc1ccccc1C1(C(=O)O)CC1. The zero-order chi connectivity index (χ0) is 17.8. The molecular weight excluding hydrogens is 306 g/mol. The molecule has 0 aromatic heterocycles. The number of hydrogen-bond acceptors (Lipinski definition) is 3. The first-order chi connectivity index (χ1) is 11.2. The third-order valence-corrected chi connectivity index (χ3v) is 3.74. The Balaban J connectivity index is 1.93. The van der Waals surface area contributed by atoms with Crippen molar-refractivity contribution in [2.75, 3.05) is 6.54 Å². The van der Waals surface area contributed by atoms with Crippen molar-refractivity contribution in [1.29, 1.82) is 0 Å². The van der Waals surface area contributed by atoms with Gasteiger partial charge in [-0.05, 0) is 45.2 Å². The minimum atomic E-state index is -0.789. The number of carbonyl (C=O) groups excluding carboxylic acids is 1. The van der Waals surface area contributed by atoms with Crippen molar-refractivity contribution in [3.05, 3.63) is 35.4 Å². The maximum absolute atomic E-state index is 11.5. The molecule has 1 aliphatic rings. The number of ether oxygens (including phenoxy) is 1. The van der Waals surface area contributed by atoms with Crippen LogP contribution in [0.3, 0.4) is 0 Å². The number of carboxylic acids is 1. The summed E-state index contributed by atoms with van der Waals surface area (Å²) in [6.07, 6.45) is 1.31. The van der Waals surface area contributed by atoms with E-state index < -0.39 is 23.1 Å². The Bertz CT molecular complexity index is 687. The molecule has 1 aliphatic carbocycles. The molecule has 0 atom stereocenters. The number of rotatable bonds is 4. The van der Waals surface area contributed by atoms with Crippen LogP contribution in [-0.2, 0) is 14.9 Å². The van der Waals surface area contributed by atoms with Gasteiger partial charge < -0.3 is 15.2 Å². The normalized spacial score (nSPS) is 15.0. The van der Waals surface area contributed by atoms with Crippen LogP contribution in [0.4, 0.5) is 4.79 Å². The Morgan fingerprint density at radius 2 is 1.96 bits per heavy atom. The van der Waals surface area contributed by atoms with E-state index in [0.29, 0.717) is 25.8 Å². The van der Waals surface area contributed by atoms with Crippen LogP contribution in [0.25, 0.3) is 0 Å². The summed E-state index contributed by atoms with van der Waals surface area (Å²) >= 11 is 0. The van der Waals surface area contributed by atoms with Crippen molar-refractivity contribution in [3.8, 4) is 11.8 Å². The fourth-order valence-electron chi connectivity index (χ4n) is 2.43. The van der Waals surface area contributed by atoms with Crippen LogP contribution in [-0.4, -0.2) is 29.3 Å². The van der Waals surface area contributed by atoms with Crippen LogP contribution in [0.5, 0.6) is 0 Å². The van der Waals surface area contributed by atoms with Crippen LogP contribution in [0.2, 0.25) is 0 Å². The number of hydrogen-bond donors (Lipinski definition) is 2. The quantitative estimate of drug-likeness (QED) is 0.657. The van der Waals surface area contributed by atoms with Gasteiger partial charge in [0.15, 0.2) is 0 Å². The van der Waals surface area contributed by atoms with Crippen molar-refractivity contribution in [1.82, 2.24) is 5.32 Å². The molecule has 1 aromatic rings. The third kappa shape index (κ3) is 4.51. The van der Waals surface area contributed by atoms with Gasteiger partial charge in [-0.2, -0.15) is 0 Å². The highest BCUT2D eigenvalue weighted by atomic mass is 16.6. The predicted molar refractivity (Wildman–Crippen MR) is 90.7 cm³/mol. The summed E-state index contributed by atoms with van der Waals surface area (Å²) in [6, 6.07) is 7.37. The summed E-state index contributed by atoms with van der Waals surface area (Å²) in [6.45, 7) is 5.80. The molecular formula is C19H23NO4. The van der Waals surface area contributed by atoms with Gasteiger partial charge in [0, 0.05) is 18.5 Å². The summed E-state index contributed by atoms with van der Waals surface area (Å²) in [4.78, 5) is 23.0. The third-order valence-electron chi connectivity index (χ3n) is 3.74. The molecule has 0 heterocycles. The van der Waals surface area contributed by atoms with E-state index >= 15 is 0 Å².